The molecule has 0 radical (unpaired) electrons. The summed E-state index contributed by atoms with van der Waals surface area (Å²) >= 11 is 3.12. The maximum atomic E-state index is 12.9. The third-order valence-corrected chi connectivity index (χ3v) is 2.09. The van der Waals surface area contributed by atoms with Crippen LogP contribution in [0.25, 0.3) is 0 Å². The molecule has 1 atom stereocenters. The molecule has 0 saturated carbocycles. The van der Waals surface area contributed by atoms with Crippen molar-refractivity contribution in [2.45, 2.75) is 19.4 Å². The van der Waals surface area contributed by atoms with Crippen LogP contribution in [0.5, 0.6) is 5.75 Å². The van der Waals surface area contributed by atoms with Crippen molar-refractivity contribution in [1.29, 1.82) is 0 Å². The molecular weight excluding hydrogens is 267 g/mol. The molecule has 3 nitrogen and oxygen atoms in total. The van der Waals surface area contributed by atoms with Crippen LogP contribution in [-0.2, 0) is 4.79 Å². The van der Waals surface area contributed by atoms with E-state index in [-0.39, 0.29) is 6.42 Å². The van der Waals surface area contributed by atoms with E-state index in [0.717, 1.165) is 0 Å². The number of carboxylic acids is 1. The lowest BCUT2D eigenvalue weighted by Gasteiger charge is -2.12. The minimum Gasteiger partial charge on any atom is -0.490 e. The van der Waals surface area contributed by atoms with Crippen molar-refractivity contribution in [2.24, 2.45) is 0 Å². The number of carboxylic acid groups (broad SMARTS) is 1. The monoisotopic (exact) mass is 276 g/mol. The zero-order valence-corrected chi connectivity index (χ0v) is 9.62. The number of carbonyl (C=O) groups is 1. The minimum atomic E-state index is -0.946. The van der Waals surface area contributed by atoms with Crippen LogP contribution in [0.2, 0.25) is 0 Å². The highest BCUT2D eigenvalue weighted by Gasteiger charge is 2.10. The predicted molar refractivity (Wildman–Crippen MR) is 56.4 cm³/mol. The summed E-state index contributed by atoms with van der Waals surface area (Å²) < 4.78 is 18.7. The molecule has 5 heteroatoms. The summed E-state index contributed by atoms with van der Waals surface area (Å²) in [5, 5.41) is 8.51. The Hall–Kier alpha value is -1.10. The predicted octanol–water partition coefficient (Wildman–Crippen LogP) is 2.83. The van der Waals surface area contributed by atoms with Gasteiger partial charge in [0.1, 0.15) is 17.7 Å². The molecule has 0 aliphatic carbocycles. The van der Waals surface area contributed by atoms with Gasteiger partial charge in [-0.15, -0.1) is 0 Å². The third kappa shape index (κ3) is 4.29. The van der Waals surface area contributed by atoms with Gasteiger partial charge in [-0.3, -0.25) is 4.79 Å². The van der Waals surface area contributed by atoms with E-state index in [1.54, 1.807) is 13.0 Å². The first-order valence-electron chi connectivity index (χ1n) is 4.32. The van der Waals surface area contributed by atoms with E-state index in [1.165, 1.54) is 12.1 Å². The highest BCUT2D eigenvalue weighted by atomic mass is 79.9. The number of ether oxygens (including phenoxy) is 1. The first kappa shape index (κ1) is 12.0. The van der Waals surface area contributed by atoms with Crippen molar-refractivity contribution in [3.63, 3.8) is 0 Å². The normalized spacial score (nSPS) is 12.2. The molecule has 0 amide bonds. The van der Waals surface area contributed by atoms with Gasteiger partial charge in [0.05, 0.1) is 6.42 Å². The first-order valence-corrected chi connectivity index (χ1v) is 5.11. The average molecular weight is 277 g/mol. The summed E-state index contributed by atoms with van der Waals surface area (Å²) in [5.41, 5.74) is 0. The topological polar surface area (TPSA) is 46.5 Å². The largest absolute Gasteiger partial charge is 0.490 e. The van der Waals surface area contributed by atoms with E-state index < -0.39 is 17.9 Å². The van der Waals surface area contributed by atoms with Gasteiger partial charge in [0.15, 0.2) is 0 Å². The lowest BCUT2D eigenvalue weighted by Crippen LogP contribution is -2.16. The number of halogens is 2. The van der Waals surface area contributed by atoms with Gasteiger partial charge >= 0.3 is 5.97 Å². The quantitative estimate of drug-likeness (QED) is 0.920. The lowest BCUT2D eigenvalue weighted by atomic mass is 10.3. The van der Waals surface area contributed by atoms with Gasteiger partial charge in [-0.1, -0.05) is 15.9 Å². The molecule has 15 heavy (non-hydrogen) atoms. The van der Waals surface area contributed by atoms with Crippen LogP contribution in [0.1, 0.15) is 13.3 Å². The maximum absolute atomic E-state index is 12.9. The van der Waals surface area contributed by atoms with Crippen LogP contribution in [0.3, 0.4) is 0 Å². The molecule has 0 heterocycles. The second-order valence-corrected chi connectivity index (χ2v) is 4.05. The fraction of sp³-hybridized carbons (Fsp3) is 0.300. The Morgan fingerprint density at radius 1 is 1.60 bits per heavy atom. The molecule has 0 saturated heterocycles. The van der Waals surface area contributed by atoms with Crippen molar-refractivity contribution in [1.82, 2.24) is 0 Å². The number of rotatable bonds is 4. The van der Waals surface area contributed by atoms with Gasteiger partial charge in [0, 0.05) is 10.5 Å². The molecule has 1 aromatic rings. The highest BCUT2D eigenvalue weighted by molar-refractivity contribution is 9.10. The van der Waals surface area contributed by atoms with Gasteiger partial charge in [0.2, 0.25) is 0 Å². The van der Waals surface area contributed by atoms with Crippen molar-refractivity contribution in [3.8, 4) is 5.75 Å². The standard InChI is InChI=1S/C10H10BrFO3/c1-6(2-10(13)14)15-9-4-7(11)3-8(12)5-9/h3-6H,2H2,1H3,(H,13,14)/t6-/m0/s1. The van der Waals surface area contributed by atoms with Crippen molar-refractivity contribution < 1.29 is 19.0 Å². The summed E-state index contributed by atoms with van der Waals surface area (Å²) in [6.45, 7) is 1.62. The van der Waals surface area contributed by atoms with Gasteiger partial charge in [-0.2, -0.15) is 0 Å². The number of aliphatic carboxylic acids is 1. The van der Waals surface area contributed by atoms with Gasteiger partial charge in [0.25, 0.3) is 0 Å². The van der Waals surface area contributed by atoms with E-state index in [2.05, 4.69) is 15.9 Å². The Balaban J connectivity index is 2.67. The van der Waals surface area contributed by atoms with Crippen LogP contribution in [0.15, 0.2) is 22.7 Å². The second-order valence-electron chi connectivity index (χ2n) is 3.13. The summed E-state index contributed by atoms with van der Waals surface area (Å²) in [6.07, 6.45) is -0.607. The summed E-state index contributed by atoms with van der Waals surface area (Å²) in [4.78, 5) is 10.4. The zero-order chi connectivity index (χ0) is 11.4. The Morgan fingerprint density at radius 3 is 2.80 bits per heavy atom. The molecule has 0 unspecified atom stereocenters. The Labute approximate surface area is 95.0 Å². The molecule has 0 fully saturated rings. The van der Waals surface area contributed by atoms with Gasteiger partial charge in [-0.25, -0.2) is 4.39 Å². The number of hydrogen-bond acceptors (Lipinski definition) is 2. The molecule has 1 aromatic carbocycles. The van der Waals surface area contributed by atoms with E-state index in [0.29, 0.717) is 10.2 Å². The molecule has 1 rings (SSSR count). The Bertz CT molecular complexity index is 347. The highest BCUT2D eigenvalue weighted by Crippen LogP contribution is 2.21. The van der Waals surface area contributed by atoms with Gasteiger partial charge < -0.3 is 9.84 Å². The lowest BCUT2D eigenvalue weighted by molar-refractivity contribution is -0.138. The van der Waals surface area contributed by atoms with E-state index in [4.69, 9.17) is 9.84 Å². The van der Waals surface area contributed by atoms with E-state index in [1.807, 2.05) is 0 Å². The Morgan fingerprint density at radius 2 is 2.27 bits per heavy atom. The summed E-state index contributed by atoms with van der Waals surface area (Å²) in [7, 11) is 0. The molecule has 0 aliphatic heterocycles. The fourth-order valence-electron chi connectivity index (χ4n) is 1.12. The van der Waals surface area contributed by atoms with Crippen LogP contribution < -0.4 is 4.74 Å². The van der Waals surface area contributed by atoms with Crippen molar-refractivity contribution >= 4 is 21.9 Å². The zero-order valence-electron chi connectivity index (χ0n) is 8.04. The van der Waals surface area contributed by atoms with Gasteiger partial charge in [-0.05, 0) is 19.1 Å². The summed E-state index contributed by atoms with van der Waals surface area (Å²) in [6, 6.07) is 4.10. The Kier molecular flexibility index (Phi) is 4.08. The third-order valence-electron chi connectivity index (χ3n) is 1.64. The molecule has 0 bridgehead atoms. The molecule has 0 aromatic heterocycles. The summed E-state index contributed by atoms with van der Waals surface area (Å²) in [5.74, 6) is -1.06. The van der Waals surface area contributed by atoms with Crippen molar-refractivity contribution in [3.05, 3.63) is 28.5 Å². The second kappa shape index (κ2) is 5.11. The van der Waals surface area contributed by atoms with Crippen LogP contribution in [0, 0.1) is 5.82 Å². The number of benzene rings is 1. The smallest absolute Gasteiger partial charge is 0.307 e. The molecule has 82 valence electrons. The first-order chi connectivity index (χ1) is 6.97. The average Bonchev–Trinajstić information content (AvgIpc) is 1.98. The van der Waals surface area contributed by atoms with Crippen LogP contribution in [0.4, 0.5) is 4.39 Å². The van der Waals surface area contributed by atoms with E-state index in [9.17, 15) is 9.18 Å². The van der Waals surface area contributed by atoms with E-state index >= 15 is 0 Å². The fourth-order valence-corrected chi connectivity index (χ4v) is 1.56. The van der Waals surface area contributed by atoms with Crippen LogP contribution in [-0.4, -0.2) is 17.2 Å². The minimum absolute atomic E-state index is 0.117. The maximum Gasteiger partial charge on any atom is 0.307 e. The van der Waals surface area contributed by atoms with Crippen molar-refractivity contribution in [2.75, 3.05) is 0 Å². The molecule has 0 aliphatic rings. The molecule has 0 spiro atoms. The van der Waals surface area contributed by atoms with Crippen LogP contribution >= 0.6 is 15.9 Å². The SMILES string of the molecule is C[C@@H](CC(=O)O)Oc1cc(F)cc(Br)c1. The molecule has 1 N–H and O–H groups in total. The number of hydrogen-bond donors (Lipinski definition) is 1. The molecular formula is C10H10BrFO3.